The largest absolute Gasteiger partial charge is 0.433 e. The first-order valence-electron chi connectivity index (χ1n) is 10.8. The van der Waals surface area contributed by atoms with Crippen LogP contribution in [0.5, 0.6) is 0 Å². The average Bonchev–Trinajstić information content (AvgIpc) is 3.19. The number of benzene rings is 1. The van der Waals surface area contributed by atoms with Gasteiger partial charge in [0.25, 0.3) is 5.91 Å². The van der Waals surface area contributed by atoms with Crippen molar-refractivity contribution in [2.75, 3.05) is 13.1 Å². The summed E-state index contributed by atoms with van der Waals surface area (Å²) in [7, 11) is 0. The molecule has 9 heteroatoms. The number of aromatic nitrogens is 3. The van der Waals surface area contributed by atoms with Crippen molar-refractivity contribution in [3.63, 3.8) is 0 Å². The van der Waals surface area contributed by atoms with Gasteiger partial charge in [-0.1, -0.05) is 49.2 Å². The number of halogens is 3. The van der Waals surface area contributed by atoms with Crippen molar-refractivity contribution in [3.8, 4) is 11.3 Å². The Bertz CT molecular complexity index is 1100. The van der Waals surface area contributed by atoms with Gasteiger partial charge in [0.05, 0.1) is 11.8 Å². The van der Waals surface area contributed by atoms with E-state index in [2.05, 4.69) is 16.7 Å². The van der Waals surface area contributed by atoms with Crippen molar-refractivity contribution in [2.45, 2.75) is 44.9 Å². The van der Waals surface area contributed by atoms with Crippen LogP contribution in [0.25, 0.3) is 16.9 Å². The minimum atomic E-state index is -4.67. The third kappa shape index (κ3) is 5.98. The third-order valence-electron chi connectivity index (χ3n) is 5.19. The van der Waals surface area contributed by atoms with Gasteiger partial charge in [-0.05, 0) is 25.8 Å². The van der Waals surface area contributed by atoms with Crippen molar-refractivity contribution < 1.29 is 23.1 Å². The molecule has 0 radical (unpaired) electrons. The number of allylic oxidation sites excluding steroid dienone is 1. The van der Waals surface area contributed by atoms with E-state index < -0.39 is 23.9 Å². The Morgan fingerprint density at radius 1 is 1.18 bits per heavy atom. The van der Waals surface area contributed by atoms with E-state index in [0.29, 0.717) is 23.0 Å². The molecule has 1 aliphatic heterocycles. The first-order chi connectivity index (χ1) is 15.7. The Morgan fingerprint density at radius 3 is 2.55 bits per heavy atom. The summed E-state index contributed by atoms with van der Waals surface area (Å²) in [6.07, 6.45) is -0.441. The molecular weight excluding hydrogens is 433 g/mol. The minimum Gasteiger partial charge on any atom is -0.391 e. The number of likely N-dealkylation sites (tertiary alicyclic amines) is 1. The molecular formula is C24H27F3N4O2. The molecule has 1 atom stereocenters. The second-order valence-corrected chi connectivity index (χ2v) is 7.85. The van der Waals surface area contributed by atoms with E-state index in [1.54, 1.807) is 36.4 Å². The standard InChI is InChI=1S/C21H21F3N4O2.C3H6/c22-21(23,24)18-11-16(14-7-3-1-4-8-14)25-19-12-17(26-28(18)19)20(30)27-10-6-2-5-9-15(29)13-27;1-3-2/h1,3-4,7-8,11-12,15,29H,2,5-6,9-10,13H2;3H,1H2,2H3. The van der Waals surface area contributed by atoms with Gasteiger partial charge in [0.1, 0.15) is 0 Å². The van der Waals surface area contributed by atoms with Crippen molar-refractivity contribution in [3.05, 3.63) is 66.5 Å². The fourth-order valence-corrected chi connectivity index (χ4v) is 3.68. The van der Waals surface area contributed by atoms with Gasteiger partial charge in [0.2, 0.25) is 0 Å². The Labute approximate surface area is 190 Å². The highest BCUT2D eigenvalue weighted by Crippen LogP contribution is 2.32. The number of fused-ring (bicyclic) bond motifs is 1. The Hall–Kier alpha value is -3.20. The molecule has 1 unspecified atom stereocenters. The van der Waals surface area contributed by atoms with Gasteiger partial charge in [0, 0.05) is 24.7 Å². The fourth-order valence-electron chi connectivity index (χ4n) is 3.68. The average molecular weight is 461 g/mol. The highest BCUT2D eigenvalue weighted by molar-refractivity contribution is 5.93. The van der Waals surface area contributed by atoms with Crippen LogP contribution in [0.4, 0.5) is 13.2 Å². The lowest BCUT2D eigenvalue weighted by Crippen LogP contribution is -2.39. The molecule has 1 N–H and O–H groups in total. The molecule has 1 aromatic carbocycles. The summed E-state index contributed by atoms with van der Waals surface area (Å²) in [4.78, 5) is 18.7. The zero-order valence-electron chi connectivity index (χ0n) is 18.4. The summed E-state index contributed by atoms with van der Waals surface area (Å²) in [5.41, 5.74) is -0.494. The van der Waals surface area contributed by atoms with Crippen LogP contribution in [0, 0.1) is 0 Å². The molecule has 0 saturated carbocycles. The number of amides is 1. The SMILES string of the molecule is C=CC.O=C(c1cc2nc(-c3ccccc3)cc(C(F)(F)F)n2n1)N1CCCCCC(O)C1. The van der Waals surface area contributed by atoms with Crippen LogP contribution >= 0.6 is 0 Å². The summed E-state index contributed by atoms with van der Waals surface area (Å²) in [6.45, 7) is 5.82. The first-order valence-corrected chi connectivity index (χ1v) is 10.8. The molecule has 1 amide bonds. The van der Waals surface area contributed by atoms with E-state index in [-0.39, 0.29) is 23.6 Å². The second kappa shape index (κ2) is 10.6. The quantitative estimate of drug-likeness (QED) is 0.548. The van der Waals surface area contributed by atoms with Gasteiger partial charge in [0.15, 0.2) is 17.0 Å². The number of rotatable bonds is 2. The van der Waals surface area contributed by atoms with E-state index >= 15 is 0 Å². The summed E-state index contributed by atoms with van der Waals surface area (Å²) >= 11 is 0. The monoisotopic (exact) mass is 460 g/mol. The highest BCUT2D eigenvalue weighted by atomic mass is 19.4. The van der Waals surface area contributed by atoms with Crippen LogP contribution in [0.2, 0.25) is 0 Å². The number of aliphatic hydroxyl groups is 1. The maximum absolute atomic E-state index is 13.7. The number of β-amino-alcohol motifs (C(OH)–C–C–N with tert-alkyl or cyclic N) is 1. The van der Waals surface area contributed by atoms with Gasteiger partial charge in [-0.3, -0.25) is 4.79 Å². The van der Waals surface area contributed by atoms with Crippen LogP contribution in [-0.2, 0) is 6.18 Å². The molecule has 0 bridgehead atoms. The Morgan fingerprint density at radius 2 is 1.88 bits per heavy atom. The molecule has 1 saturated heterocycles. The van der Waals surface area contributed by atoms with E-state index in [0.717, 1.165) is 25.3 Å². The lowest BCUT2D eigenvalue weighted by molar-refractivity contribution is -0.142. The molecule has 1 aliphatic rings. The zero-order chi connectivity index (χ0) is 24.0. The molecule has 6 nitrogen and oxygen atoms in total. The molecule has 0 aliphatic carbocycles. The van der Waals surface area contributed by atoms with Crippen LogP contribution in [0.3, 0.4) is 0 Å². The van der Waals surface area contributed by atoms with E-state index in [1.165, 1.54) is 11.0 Å². The smallest absolute Gasteiger partial charge is 0.391 e. The summed E-state index contributed by atoms with van der Waals surface area (Å²) in [5, 5.41) is 14.0. The van der Waals surface area contributed by atoms with Gasteiger partial charge in [-0.2, -0.15) is 18.3 Å². The Kier molecular flexibility index (Phi) is 7.86. The molecule has 4 rings (SSSR count). The summed E-state index contributed by atoms with van der Waals surface area (Å²) in [5.74, 6) is -0.504. The molecule has 0 spiro atoms. The van der Waals surface area contributed by atoms with Crippen molar-refractivity contribution >= 4 is 11.6 Å². The lowest BCUT2D eigenvalue weighted by Gasteiger charge is -2.26. The zero-order valence-corrected chi connectivity index (χ0v) is 18.4. The van der Waals surface area contributed by atoms with Gasteiger partial charge < -0.3 is 10.0 Å². The number of hydrogen-bond acceptors (Lipinski definition) is 4. The highest BCUT2D eigenvalue weighted by Gasteiger charge is 2.36. The normalized spacial score (nSPS) is 17.0. The minimum absolute atomic E-state index is 0.0559. The molecule has 2 aromatic heterocycles. The summed E-state index contributed by atoms with van der Waals surface area (Å²) in [6, 6.07) is 10.7. The predicted molar refractivity (Wildman–Crippen MR) is 120 cm³/mol. The number of hydrogen-bond donors (Lipinski definition) is 1. The van der Waals surface area contributed by atoms with Crippen LogP contribution in [-0.4, -0.2) is 49.7 Å². The van der Waals surface area contributed by atoms with Gasteiger partial charge in [-0.15, -0.1) is 6.58 Å². The lowest BCUT2D eigenvalue weighted by atomic mass is 10.1. The summed E-state index contributed by atoms with van der Waals surface area (Å²) < 4.78 is 41.8. The molecule has 3 aromatic rings. The van der Waals surface area contributed by atoms with Gasteiger partial charge in [-0.25, -0.2) is 9.50 Å². The van der Waals surface area contributed by atoms with Crippen molar-refractivity contribution in [1.29, 1.82) is 0 Å². The number of alkyl halides is 3. The van der Waals surface area contributed by atoms with E-state index in [1.807, 2.05) is 6.92 Å². The second-order valence-electron chi connectivity index (χ2n) is 7.85. The van der Waals surface area contributed by atoms with Crippen LogP contribution in [0.1, 0.15) is 48.8 Å². The number of carbonyl (C=O) groups is 1. The van der Waals surface area contributed by atoms with Crippen molar-refractivity contribution in [2.24, 2.45) is 0 Å². The maximum Gasteiger partial charge on any atom is 0.433 e. The number of nitrogens with zero attached hydrogens (tertiary/aromatic N) is 4. The fraction of sp³-hybridized carbons (Fsp3) is 0.375. The molecule has 3 heterocycles. The predicted octanol–water partition coefficient (Wildman–Crippen LogP) is 4.98. The number of carbonyl (C=O) groups excluding carboxylic acids is 1. The molecule has 176 valence electrons. The van der Waals surface area contributed by atoms with E-state index in [9.17, 15) is 23.1 Å². The first kappa shape index (κ1) is 24.4. The van der Waals surface area contributed by atoms with E-state index in [4.69, 9.17) is 0 Å². The van der Waals surface area contributed by atoms with Crippen LogP contribution in [0.15, 0.2) is 55.1 Å². The third-order valence-corrected chi connectivity index (χ3v) is 5.19. The Balaban J connectivity index is 0.000000968. The van der Waals surface area contributed by atoms with Crippen LogP contribution < -0.4 is 0 Å². The molecule has 1 fully saturated rings. The number of aliphatic hydroxyl groups excluding tert-OH is 1. The topological polar surface area (TPSA) is 70.7 Å². The molecule has 33 heavy (non-hydrogen) atoms. The maximum atomic E-state index is 13.7. The van der Waals surface area contributed by atoms with Gasteiger partial charge >= 0.3 is 6.18 Å². The van der Waals surface area contributed by atoms with Crippen molar-refractivity contribution in [1.82, 2.24) is 19.5 Å².